The molecule has 3 heteroatoms. The largest absolute Gasteiger partial charge is 0.314 e. The summed E-state index contributed by atoms with van der Waals surface area (Å²) in [4.78, 5) is 14.1. The lowest BCUT2D eigenvalue weighted by molar-refractivity contribution is -0.118. The number of hydrogen-bond donors (Lipinski definition) is 1. The van der Waals surface area contributed by atoms with E-state index in [1.165, 1.54) is 24.0 Å². The number of nitrogens with zero attached hydrogens (tertiary/aromatic N) is 1. The van der Waals surface area contributed by atoms with Crippen LogP contribution in [0.2, 0.25) is 0 Å². The van der Waals surface area contributed by atoms with Crippen LogP contribution < -0.4 is 10.2 Å². The van der Waals surface area contributed by atoms with Gasteiger partial charge in [-0.2, -0.15) is 0 Å². The van der Waals surface area contributed by atoms with Gasteiger partial charge in [0.1, 0.15) is 0 Å². The first-order valence-corrected chi connectivity index (χ1v) is 7.93. The number of benzene rings is 1. The molecule has 0 spiro atoms. The van der Waals surface area contributed by atoms with Crippen LogP contribution in [0.15, 0.2) is 18.2 Å². The third kappa shape index (κ3) is 2.73. The van der Waals surface area contributed by atoms with Gasteiger partial charge in [-0.1, -0.05) is 19.1 Å². The standard InChI is InChI=1S/C17H24N2O/c1-2-4-17(20)19-10-8-14-11-13(6-7-16(14)19)12-15-5-3-9-18-15/h6-7,11,15,18H,2-5,8-10,12H2,1H3. The van der Waals surface area contributed by atoms with Gasteiger partial charge in [-0.05, 0) is 55.8 Å². The number of anilines is 1. The van der Waals surface area contributed by atoms with E-state index >= 15 is 0 Å². The lowest BCUT2D eigenvalue weighted by atomic mass is 10.0. The number of carbonyl (C=O) groups is 1. The topological polar surface area (TPSA) is 32.3 Å². The van der Waals surface area contributed by atoms with Crippen LogP contribution in [0.1, 0.15) is 43.7 Å². The lowest BCUT2D eigenvalue weighted by Crippen LogP contribution is -2.28. The van der Waals surface area contributed by atoms with Crippen molar-refractivity contribution in [3.8, 4) is 0 Å². The van der Waals surface area contributed by atoms with Crippen molar-refractivity contribution in [3.05, 3.63) is 29.3 Å². The lowest BCUT2D eigenvalue weighted by Gasteiger charge is -2.17. The predicted molar refractivity (Wildman–Crippen MR) is 82.1 cm³/mol. The molecule has 0 saturated carbocycles. The van der Waals surface area contributed by atoms with Crippen LogP contribution in [0.25, 0.3) is 0 Å². The second kappa shape index (κ2) is 5.96. The maximum Gasteiger partial charge on any atom is 0.226 e. The van der Waals surface area contributed by atoms with Crippen molar-refractivity contribution in [1.29, 1.82) is 0 Å². The highest BCUT2D eigenvalue weighted by Gasteiger charge is 2.24. The summed E-state index contributed by atoms with van der Waals surface area (Å²) in [6, 6.07) is 7.32. The molecule has 0 bridgehead atoms. The van der Waals surface area contributed by atoms with Crippen molar-refractivity contribution in [3.63, 3.8) is 0 Å². The van der Waals surface area contributed by atoms with Gasteiger partial charge in [0.2, 0.25) is 5.91 Å². The Kier molecular flexibility index (Phi) is 4.06. The quantitative estimate of drug-likeness (QED) is 0.914. The highest BCUT2D eigenvalue weighted by Crippen LogP contribution is 2.30. The molecule has 3 rings (SSSR count). The maximum absolute atomic E-state index is 12.1. The Labute approximate surface area is 121 Å². The fourth-order valence-corrected chi connectivity index (χ4v) is 3.41. The van der Waals surface area contributed by atoms with Crippen LogP contribution in [0, 0.1) is 0 Å². The molecule has 1 atom stereocenters. The number of carbonyl (C=O) groups excluding carboxylic acids is 1. The number of amides is 1. The van der Waals surface area contributed by atoms with E-state index in [1.54, 1.807) is 0 Å². The van der Waals surface area contributed by atoms with Gasteiger partial charge in [-0.3, -0.25) is 4.79 Å². The minimum Gasteiger partial charge on any atom is -0.314 e. The highest BCUT2D eigenvalue weighted by molar-refractivity contribution is 5.95. The number of nitrogens with one attached hydrogen (secondary N) is 1. The van der Waals surface area contributed by atoms with E-state index in [-0.39, 0.29) is 5.91 Å². The monoisotopic (exact) mass is 272 g/mol. The highest BCUT2D eigenvalue weighted by atomic mass is 16.2. The zero-order valence-electron chi connectivity index (χ0n) is 12.3. The number of hydrogen-bond acceptors (Lipinski definition) is 2. The normalized spacial score (nSPS) is 21.2. The molecule has 2 heterocycles. The summed E-state index contributed by atoms with van der Waals surface area (Å²) in [7, 11) is 0. The molecule has 0 aromatic heterocycles. The zero-order valence-corrected chi connectivity index (χ0v) is 12.3. The van der Waals surface area contributed by atoms with Crippen LogP contribution in [0.5, 0.6) is 0 Å². The van der Waals surface area contributed by atoms with E-state index in [9.17, 15) is 4.79 Å². The van der Waals surface area contributed by atoms with Gasteiger partial charge in [0.05, 0.1) is 0 Å². The Morgan fingerprint density at radius 2 is 2.35 bits per heavy atom. The Bertz CT molecular complexity index is 492. The van der Waals surface area contributed by atoms with Crippen molar-refractivity contribution in [2.75, 3.05) is 18.0 Å². The van der Waals surface area contributed by atoms with Crippen LogP contribution in [-0.4, -0.2) is 25.0 Å². The summed E-state index contributed by atoms with van der Waals surface area (Å²) in [5.41, 5.74) is 3.91. The molecular weight excluding hydrogens is 248 g/mol. The van der Waals surface area contributed by atoms with Crippen molar-refractivity contribution in [1.82, 2.24) is 5.32 Å². The fraction of sp³-hybridized carbons (Fsp3) is 0.588. The van der Waals surface area contributed by atoms with Gasteiger partial charge in [-0.25, -0.2) is 0 Å². The molecule has 1 amide bonds. The molecule has 0 aliphatic carbocycles. The Balaban J connectivity index is 1.72. The fourth-order valence-electron chi connectivity index (χ4n) is 3.41. The first-order valence-electron chi connectivity index (χ1n) is 7.93. The van der Waals surface area contributed by atoms with Crippen LogP contribution in [0.4, 0.5) is 5.69 Å². The van der Waals surface area contributed by atoms with E-state index in [0.29, 0.717) is 12.5 Å². The zero-order chi connectivity index (χ0) is 13.9. The molecule has 1 aromatic carbocycles. The molecule has 3 nitrogen and oxygen atoms in total. The van der Waals surface area contributed by atoms with Crippen LogP contribution in [0.3, 0.4) is 0 Å². The van der Waals surface area contributed by atoms with E-state index in [4.69, 9.17) is 0 Å². The molecule has 1 saturated heterocycles. The maximum atomic E-state index is 12.1. The summed E-state index contributed by atoms with van der Waals surface area (Å²) in [6.45, 7) is 4.08. The number of rotatable bonds is 4. The van der Waals surface area contributed by atoms with Crippen LogP contribution in [-0.2, 0) is 17.6 Å². The third-order valence-corrected chi connectivity index (χ3v) is 4.45. The van der Waals surface area contributed by atoms with Gasteiger partial charge in [-0.15, -0.1) is 0 Å². The first-order chi connectivity index (χ1) is 9.78. The smallest absolute Gasteiger partial charge is 0.226 e. The van der Waals surface area contributed by atoms with E-state index < -0.39 is 0 Å². The molecule has 2 aliphatic rings. The van der Waals surface area contributed by atoms with Crippen molar-refractivity contribution in [2.45, 2.75) is 51.5 Å². The predicted octanol–water partition coefficient (Wildman–Crippen LogP) is 2.67. The Morgan fingerprint density at radius 1 is 1.45 bits per heavy atom. The molecule has 1 fully saturated rings. The molecule has 1 aromatic rings. The molecule has 0 radical (unpaired) electrons. The average Bonchev–Trinajstić information content (AvgIpc) is 3.07. The van der Waals surface area contributed by atoms with Gasteiger partial charge in [0, 0.05) is 24.7 Å². The van der Waals surface area contributed by atoms with Gasteiger partial charge in [0.15, 0.2) is 0 Å². The molecule has 20 heavy (non-hydrogen) atoms. The first kappa shape index (κ1) is 13.6. The van der Waals surface area contributed by atoms with Crippen LogP contribution >= 0.6 is 0 Å². The summed E-state index contributed by atoms with van der Waals surface area (Å²) in [6.07, 6.45) is 6.31. The molecular formula is C17H24N2O. The van der Waals surface area contributed by atoms with E-state index in [2.05, 4.69) is 30.4 Å². The molecule has 1 unspecified atom stereocenters. The summed E-state index contributed by atoms with van der Waals surface area (Å²) >= 11 is 0. The van der Waals surface area contributed by atoms with E-state index in [0.717, 1.165) is 38.0 Å². The van der Waals surface area contributed by atoms with Gasteiger partial charge < -0.3 is 10.2 Å². The average molecular weight is 272 g/mol. The van der Waals surface area contributed by atoms with Gasteiger partial charge in [0.25, 0.3) is 0 Å². The molecule has 108 valence electrons. The molecule has 2 aliphatic heterocycles. The third-order valence-electron chi connectivity index (χ3n) is 4.45. The van der Waals surface area contributed by atoms with Crippen molar-refractivity contribution < 1.29 is 4.79 Å². The van der Waals surface area contributed by atoms with Gasteiger partial charge >= 0.3 is 0 Å². The molecule has 1 N–H and O–H groups in total. The second-order valence-corrected chi connectivity index (χ2v) is 6.01. The SMILES string of the molecule is CCCC(=O)N1CCc2cc(CC3CCCN3)ccc21. The minimum absolute atomic E-state index is 0.274. The van der Waals surface area contributed by atoms with Crippen molar-refractivity contribution >= 4 is 11.6 Å². The Morgan fingerprint density at radius 3 is 3.10 bits per heavy atom. The Hall–Kier alpha value is -1.35. The van der Waals surface area contributed by atoms with Crippen molar-refractivity contribution in [2.24, 2.45) is 0 Å². The summed E-state index contributed by atoms with van der Waals surface area (Å²) in [5, 5.41) is 3.55. The summed E-state index contributed by atoms with van der Waals surface area (Å²) in [5.74, 6) is 0.274. The summed E-state index contributed by atoms with van der Waals surface area (Å²) < 4.78 is 0. The van der Waals surface area contributed by atoms with E-state index in [1.807, 2.05) is 4.90 Å². The minimum atomic E-state index is 0.274. The number of fused-ring (bicyclic) bond motifs is 1. The second-order valence-electron chi connectivity index (χ2n) is 6.01.